The van der Waals surface area contributed by atoms with Crippen LogP contribution < -0.4 is 10.1 Å². The zero-order chi connectivity index (χ0) is 23.7. The van der Waals surface area contributed by atoms with Crippen molar-refractivity contribution in [3.8, 4) is 5.75 Å². The van der Waals surface area contributed by atoms with Crippen LogP contribution in [-0.2, 0) is 0 Å². The average molecular weight is 452 g/mol. The first-order valence-electron chi connectivity index (χ1n) is 11.8. The predicted molar refractivity (Wildman–Crippen MR) is 136 cm³/mol. The number of benzene rings is 4. The number of carboxylic acids is 1. The molecule has 4 aromatic carbocycles. The Kier molecular flexibility index (Phi) is 6.08. The Morgan fingerprint density at radius 2 is 1.68 bits per heavy atom. The molecule has 0 saturated carbocycles. The van der Waals surface area contributed by atoms with Gasteiger partial charge in [0.25, 0.3) is 0 Å². The molecule has 4 aromatic rings. The molecule has 0 saturated heterocycles. The lowest BCUT2D eigenvalue weighted by Crippen LogP contribution is -2.37. The zero-order valence-corrected chi connectivity index (χ0v) is 19.5. The minimum atomic E-state index is -0.887. The first kappa shape index (κ1) is 22.2. The van der Waals surface area contributed by atoms with E-state index >= 15 is 0 Å². The molecule has 172 valence electrons. The number of carboxylic acid groups (broad SMARTS) is 1. The monoisotopic (exact) mass is 451 g/mol. The molecule has 5 rings (SSSR count). The molecular weight excluding hydrogens is 422 g/mol. The number of hydrogen-bond donors (Lipinski definition) is 2. The van der Waals surface area contributed by atoms with Crippen molar-refractivity contribution in [2.75, 3.05) is 6.54 Å². The highest BCUT2D eigenvalue weighted by molar-refractivity contribution is 5.90. The molecule has 1 aliphatic rings. The van der Waals surface area contributed by atoms with E-state index in [4.69, 9.17) is 4.74 Å². The SMILES string of the molecule is Cc1c(C(=O)O)cccc1[C@H]1C[C@@H](CN[C@H](C)c2cccc3ccccc23)Oc2ccccc21. The van der Waals surface area contributed by atoms with Crippen LogP contribution in [0.3, 0.4) is 0 Å². The summed E-state index contributed by atoms with van der Waals surface area (Å²) in [6, 6.07) is 28.8. The van der Waals surface area contributed by atoms with Gasteiger partial charge in [0.2, 0.25) is 0 Å². The summed E-state index contributed by atoms with van der Waals surface area (Å²) in [6.07, 6.45) is 0.765. The zero-order valence-electron chi connectivity index (χ0n) is 19.5. The van der Waals surface area contributed by atoms with Crippen LogP contribution in [0.5, 0.6) is 5.75 Å². The normalized spacial score (nSPS) is 18.2. The Balaban J connectivity index is 1.40. The van der Waals surface area contributed by atoms with Crippen LogP contribution in [0.25, 0.3) is 10.8 Å². The molecule has 4 heteroatoms. The predicted octanol–water partition coefficient (Wildman–Crippen LogP) is 6.48. The van der Waals surface area contributed by atoms with Crippen LogP contribution in [0.4, 0.5) is 0 Å². The summed E-state index contributed by atoms with van der Waals surface area (Å²) >= 11 is 0. The second-order valence-electron chi connectivity index (χ2n) is 9.09. The average Bonchev–Trinajstić information content (AvgIpc) is 2.86. The van der Waals surface area contributed by atoms with Gasteiger partial charge in [0.05, 0.1) is 5.56 Å². The van der Waals surface area contributed by atoms with E-state index in [1.165, 1.54) is 16.3 Å². The van der Waals surface area contributed by atoms with E-state index in [2.05, 4.69) is 66.8 Å². The molecular formula is C30H29NO3. The molecule has 0 aliphatic carbocycles. The Hall–Kier alpha value is -3.63. The molecule has 0 aromatic heterocycles. The van der Waals surface area contributed by atoms with Gasteiger partial charge in [-0.3, -0.25) is 0 Å². The van der Waals surface area contributed by atoms with Crippen LogP contribution in [0, 0.1) is 6.92 Å². The summed E-state index contributed by atoms with van der Waals surface area (Å²) in [5, 5.41) is 15.8. The third-order valence-electron chi connectivity index (χ3n) is 7.01. The maximum absolute atomic E-state index is 11.7. The first-order chi connectivity index (χ1) is 16.5. The summed E-state index contributed by atoms with van der Waals surface area (Å²) in [5.41, 5.74) is 4.64. The number of rotatable bonds is 6. The molecule has 3 atom stereocenters. The minimum Gasteiger partial charge on any atom is -0.489 e. The van der Waals surface area contributed by atoms with Crippen molar-refractivity contribution >= 4 is 16.7 Å². The van der Waals surface area contributed by atoms with E-state index in [0.717, 1.165) is 28.9 Å². The third kappa shape index (κ3) is 4.17. The lowest BCUT2D eigenvalue weighted by atomic mass is 9.81. The molecule has 0 fully saturated rings. The van der Waals surface area contributed by atoms with Gasteiger partial charge in [-0.15, -0.1) is 0 Å². The summed E-state index contributed by atoms with van der Waals surface area (Å²) in [7, 11) is 0. The van der Waals surface area contributed by atoms with Crippen molar-refractivity contribution in [1.29, 1.82) is 0 Å². The lowest BCUT2D eigenvalue weighted by molar-refractivity contribution is 0.0696. The number of fused-ring (bicyclic) bond motifs is 2. The smallest absolute Gasteiger partial charge is 0.335 e. The number of carbonyl (C=O) groups is 1. The highest BCUT2D eigenvalue weighted by Crippen LogP contribution is 2.41. The first-order valence-corrected chi connectivity index (χ1v) is 11.8. The molecule has 1 heterocycles. The molecule has 0 radical (unpaired) electrons. The highest BCUT2D eigenvalue weighted by Gasteiger charge is 2.31. The van der Waals surface area contributed by atoms with Gasteiger partial charge < -0.3 is 15.2 Å². The second-order valence-corrected chi connectivity index (χ2v) is 9.09. The van der Waals surface area contributed by atoms with E-state index < -0.39 is 5.97 Å². The van der Waals surface area contributed by atoms with Gasteiger partial charge in [-0.2, -0.15) is 0 Å². The fraction of sp³-hybridized carbons (Fsp3) is 0.233. The van der Waals surface area contributed by atoms with E-state index in [9.17, 15) is 9.90 Å². The third-order valence-corrected chi connectivity index (χ3v) is 7.01. The molecule has 1 aliphatic heterocycles. The van der Waals surface area contributed by atoms with Crippen LogP contribution in [0.1, 0.15) is 57.9 Å². The van der Waals surface area contributed by atoms with E-state index in [-0.39, 0.29) is 18.1 Å². The molecule has 0 bridgehead atoms. The van der Waals surface area contributed by atoms with Crippen molar-refractivity contribution in [2.45, 2.75) is 38.3 Å². The van der Waals surface area contributed by atoms with Gasteiger partial charge in [-0.1, -0.05) is 72.8 Å². The maximum atomic E-state index is 11.7. The van der Waals surface area contributed by atoms with Crippen molar-refractivity contribution < 1.29 is 14.6 Å². The van der Waals surface area contributed by atoms with Gasteiger partial charge in [-0.05, 0) is 59.9 Å². The Bertz CT molecular complexity index is 1340. The molecule has 2 N–H and O–H groups in total. The summed E-state index contributed by atoms with van der Waals surface area (Å²) in [6.45, 7) is 4.80. The molecule has 34 heavy (non-hydrogen) atoms. The number of aromatic carboxylic acids is 1. The van der Waals surface area contributed by atoms with E-state index in [1.54, 1.807) is 6.07 Å². The fourth-order valence-electron chi connectivity index (χ4n) is 5.22. The molecule has 0 unspecified atom stereocenters. The van der Waals surface area contributed by atoms with Crippen molar-refractivity contribution in [3.05, 3.63) is 113 Å². The quantitative estimate of drug-likeness (QED) is 0.352. The molecule has 4 nitrogen and oxygen atoms in total. The number of nitrogens with one attached hydrogen (secondary N) is 1. The fourth-order valence-corrected chi connectivity index (χ4v) is 5.22. The van der Waals surface area contributed by atoms with Crippen LogP contribution in [0.15, 0.2) is 84.9 Å². The number of ether oxygens (including phenoxy) is 1. The summed E-state index contributed by atoms with van der Waals surface area (Å²) < 4.78 is 6.40. The van der Waals surface area contributed by atoms with Gasteiger partial charge in [0.1, 0.15) is 11.9 Å². The Morgan fingerprint density at radius 3 is 2.53 bits per heavy atom. The molecule has 0 spiro atoms. The number of hydrogen-bond acceptors (Lipinski definition) is 3. The van der Waals surface area contributed by atoms with Crippen LogP contribution >= 0.6 is 0 Å². The maximum Gasteiger partial charge on any atom is 0.335 e. The largest absolute Gasteiger partial charge is 0.489 e. The highest BCUT2D eigenvalue weighted by atomic mass is 16.5. The van der Waals surface area contributed by atoms with Crippen molar-refractivity contribution in [2.24, 2.45) is 0 Å². The second kappa shape index (κ2) is 9.32. The van der Waals surface area contributed by atoms with E-state index in [0.29, 0.717) is 12.1 Å². The van der Waals surface area contributed by atoms with Crippen molar-refractivity contribution in [1.82, 2.24) is 5.32 Å². The number of para-hydroxylation sites is 1. The van der Waals surface area contributed by atoms with Crippen LogP contribution in [0.2, 0.25) is 0 Å². The lowest BCUT2D eigenvalue weighted by Gasteiger charge is -2.34. The van der Waals surface area contributed by atoms with Gasteiger partial charge >= 0.3 is 5.97 Å². The van der Waals surface area contributed by atoms with Gasteiger partial charge in [-0.25, -0.2) is 4.79 Å². The molecule has 0 amide bonds. The standard InChI is InChI=1S/C30H29NO3/c1-19-23(13-8-14-24(19)30(32)33)28-17-22(34-29-16-6-5-12-27(28)29)18-31-20(2)25-15-7-10-21-9-3-4-11-26(21)25/h3-16,20,22,28,31H,17-18H2,1-2H3,(H,32,33)/t20-,22+,28-/m1/s1. The van der Waals surface area contributed by atoms with E-state index in [1.807, 2.05) is 31.2 Å². The van der Waals surface area contributed by atoms with Crippen LogP contribution in [-0.4, -0.2) is 23.7 Å². The summed E-state index contributed by atoms with van der Waals surface area (Å²) in [5.74, 6) is 0.0780. The van der Waals surface area contributed by atoms with Gasteiger partial charge in [0, 0.05) is 24.1 Å². The topological polar surface area (TPSA) is 58.6 Å². The summed E-state index contributed by atoms with van der Waals surface area (Å²) in [4.78, 5) is 11.7. The minimum absolute atomic E-state index is 0.0230. The Morgan fingerprint density at radius 1 is 0.971 bits per heavy atom. The van der Waals surface area contributed by atoms with Crippen molar-refractivity contribution in [3.63, 3.8) is 0 Å². The van der Waals surface area contributed by atoms with Gasteiger partial charge in [0.15, 0.2) is 0 Å². The Labute approximate surface area is 200 Å².